The second-order valence-corrected chi connectivity index (χ2v) is 7.62. The predicted octanol–water partition coefficient (Wildman–Crippen LogP) is 5.26. The van der Waals surface area contributed by atoms with Gasteiger partial charge in [-0.05, 0) is 50.4 Å². The van der Waals surface area contributed by atoms with Crippen LogP contribution in [0.2, 0.25) is 0 Å². The van der Waals surface area contributed by atoms with E-state index in [0.717, 1.165) is 35.5 Å². The minimum atomic E-state index is -0.0718. The van der Waals surface area contributed by atoms with Gasteiger partial charge in [-0.2, -0.15) is 0 Å². The van der Waals surface area contributed by atoms with Crippen LogP contribution < -0.4 is 9.64 Å². The van der Waals surface area contributed by atoms with Gasteiger partial charge in [0.15, 0.2) is 0 Å². The third-order valence-electron chi connectivity index (χ3n) is 4.86. The normalized spacial score (nSPS) is 11.1. The van der Waals surface area contributed by atoms with Gasteiger partial charge in [0.2, 0.25) is 0 Å². The highest BCUT2D eigenvalue weighted by Gasteiger charge is 2.16. The molecule has 0 spiro atoms. The first kappa shape index (κ1) is 22.3. The van der Waals surface area contributed by atoms with Crippen molar-refractivity contribution < 1.29 is 9.53 Å². The molecule has 0 bridgehead atoms. The molecule has 0 fully saturated rings. The Balaban J connectivity index is 1.78. The molecule has 4 heteroatoms. The molecule has 0 saturated heterocycles. The Bertz CT molecular complexity index is 969. The van der Waals surface area contributed by atoms with Crippen LogP contribution in [0.4, 0.5) is 5.69 Å². The molecule has 0 atom stereocenters. The topological polar surface area (TPSA) is 32.8 Å². The average Bonchev–Trinajstić information content (AvgIpc) is 2.80. The second kappa shape index (κ2) is 11.7. The second-order valence-electron chi connectivity index (χ2n) is 7.62. The summed E-state index contributed by atoms with van der Waals surface area (Å²) in [6.45, 7) is 2.05. The van der Waals surface area contributed by atoms with E-state index in [2.05, 4.69) is 19.0 Å². The smallest absolute Gasteiger partial charge is 0.251 e. The molecule has 3 aromatic rings. The lowest BCUT2D eigenvalue weighted by atomic mass is 10.1. The van der Waals surface area contributed by atoms with E-state index in [4.69, 9.17) is 4.74 Å². The number of para-hydroxylation sites is 2. The number of ether oxygens (including phenoxy) is 1. The third kappa shape index (κ3) is 7.12. The van der Waals surface area contributed by atoms with Crippen molar-refractivity contribution in [3.05, 3.63) is 102 Å². The molecule has 0 N–H and O–H groups in total. The lowest BCUT2D eigenvalue weighted by Gasteiger charge is -2.23. The fourth-order valence-electron chi connectivity index (χ4n) is 3.23. The van der Waals surface area contributed by atoms with Crippen LogP contribution in [0.15, 0.2) is 91.0 Å². The molecule has 0 unspecified atom stereocenters. The van der Waals surface area contributed by atoms with E-state index in [-0.39, 0.29) is 5.91 Å². The lowest BCUT2D eigenvalue weighted by molar-refractivity contribution is -0.114. The molecule has 0 radical (unpaired) electrons. The van der Waals surface area contributed by atoms with Crippen LogP contribution >= 0.6 is 0 Å². The Hall–Kier alpha value is -3.37. The number of carbonyl (C=O) groups is 1. The third-order valence-corrected chi connectivity index (χ3v) is 4.86. The van der Waals surface area contributed by atoms with E-state index >= 15 is 0 Å². The maximum absolute atomic E-state index is 13.2. The Labute approximate surface area is 185 Å². The molecule has 1 amide bonds. The molecule has 3 aromatic carbocycles. The van der Waals surface area contributed by atoms with E-state index < -0.39 is 0 Å². The molecule has 0 aromatic heterocycles. The minimum absolute atomic E-state index is 0.0718. The zero-order valence-corrected chi connectivity index (χ0v) is 18.3. The Morgan fingerprint density at radius 3 is 2.23 bits per heavy atom. The Morgan fingerprint density at radius 1 is 0.871 bits per heavy atom. The number of nitrogens with zero attached hydrogens (tertiary/aromatic N) is 2. The first-order chi connectivity index (χ1) is 15.1. The molecule has 160 valence electrons. The maximum Gasteiger partial charge on any atom is 0.251 e. The molecule has 31 heavy (non-hydrogen) atoms. The van der Waals surface area contributed by atoms with Gasteiger partial charge in [0.25, 0.3) is 5.91 Å². The molecular formula is C27H30N2O2. The van der Waals surface area contributed by atoms with Crippen molar-refractivity contribution in [2.45, 2.75) is 13.0 Å². The first-order valence-electron chi connectivity index (χ1n) is 10.6. The summed E-state index contributed by atoms with van der Waals surface area (Å²) in [5.74, 6) is 0.750. The van der Waals surface area contributed by atoms with Crippen molar-refractivity contribution in [2.24, 2.45) is 0 Å². The van der Waals surface area contributed by atoms with Crippen LogP contribution in [-0.2, 0) is 11.3 Å². The summed E-state index contributed by atoms with van der Waals surface area (Å²) in [7, 11) is 4.11. The highest BCUT2D eigenvalue weighted by atomic mass is 16.5. The van der Waals surface area contributed by atoms with E-state index in [9.17, 15) is 4.79 Å². The number of rotatable bonds is 10. The molecule has 0 aliphatic carbocycles. The number of anilines is 1. The van der Waals surface area contributed by atoms with Gasteiger partial charge in [-0.25, -0.2) is 0 Å². The van der Waals surface area contributed by atoms with Gasteiger partial charge >= 0.3 is 0 Å². The highest BCUT2D eigenvalue weighted by molar-refractivity contribution is 6.03. The summed E-state index contributed by atoms with van der Waals surface area (Å²) in [5, 5.41) is 0. The fraction of sp³-hybridized carbons (Fsp3) is 0.222. The SMILES string of the molecule is CN(C)CCCOc1ccccc1CN(C(=O)/C=C/c1ccccc1)c1ccccc1. The zero-order valence-electron chi connectivity index (χ0n) is 18.3. The van der Waals surface area contributed by atoms with Gasteiger partial charge in [0.1, 0.15) is 5.75 Å². The van der Waals surface area contributed by atoms with Crippen molar-refractivity contribution in [3.63, 3.8) is 0 Å². The molecule has 0 saturated carbocycles. The van der Waals surface area contributed by atoms with Crippen molar-refractivity contribution in [2.75, 3.05) is 32.1 Å². The number of hydrogen-bond donors (Lipinski definition) is 0. The lowest BCUT2D eigenvalue weighted by Crippen LogP contribution is -2.29. The molecule has 3 rings (SSSR count). The van der Waals surface area contributed by atoms with E-state index in [1.54, 1.807) is 11.0 Å². The molecule has 0 aliphatic heterocycles. The summed E-state index contributed by atoms with van der Waals surface area (Å²) in [5.41, 5.74) is 2.83. The number of carbonyl (C=O) groups excluding carboxylic acids is 1. The number of amides is 1. The van der Waals surface area contributed by atoms with E-state index in [0.29, 0.717) is 13.2 Å². The Kier molecular flexibility index (Phi) is 8.44. The van der Waals surface area contributed by atoms with Gasteiger partial charge in [-0.1, -0.05) is 66.7 Å². The highest BCUT2D eigenvalue weighted by Crippen LogP contribution is 2.24. The minimum Gasteiger partial charge on any atom is -0.493 e. The zero-order chi connectivity index (χ0) is 21.9. The monoisotopic (exact) mass is 414 g/mol. The average molecular weight is 415 g/mol. The maximum atomic E-state index is 13.2. The quantitative estimate of drug-likeness (QED) is 0.335. The van der Waals surface area contributed by atoms with Crippen LogP contribution in [0.3, 0.4) is 0 Å². The van der Waals surface area contributed by atoms with Crippen molar-refractivity contribution in [3.8, 4) is 5.75 Å². The van der Waals surface area contributed by atoms with Crippen molar-refractivity contribution in [1.29, 1.82) is 0 Å². The van der Waals surface area contributed by atoms with Gasteiger partial charge in [-0.15, -0.1) is 0 Å². The van der Waals surface area contributed by atoms with Gasteiger partial charge in [0, 0.05) is 23.9 Å². The summed E-state index contributed by atoms with van der Waals surface area (Å²) in [4.78, 5) is 17.1. The summed E-state index contributed by atoms with van der Waals surface area (Å²) in [6.07, 6.45) is 4.42. The van der Waals surface area contributed by atoms with Crippen LogP contribution in [0, 0.1) is 0 Å². The van der Waals surface area contributed by atoms with Crippen LogP contribution in [0.5, 0.6) is 5.75 Å². The number of hydrogen-bond acceptors (Lipinski definition) is 3. The largest absolute Gasteiger partial charge is 0.493 e. The summed E-state index contributed by atoms with van der Waals surface area (Å²) in [6, 6.07) is 27.5. The van der Waals surface area contributed by atoms with Crippen LogP contribution in [-0.4, -0.2) is 38.1 Å². The van der Waals surface area contributed by atoms with E-state index in [1.165, 1.54) is 0 Å². The summed E-state index contributed by atoms with van der Waals surface area (Å²) >= 11 is 0. The van der Waals surface area contributed by atoms with Crippen LogP contribution in [0.25, 0.3) is 6.08 Å². The molecular weight excluding hydrogens is 384 g/mol. The molecule has 0 aliphatic rings. The predicted molar refractivity (Wildman–Crippen MR) is 128 cm³/mol. The Morgan fingerprint density at radius 2 is 1.52 bits per heavy atom. The van der Waals surface area contributed by atoms with Crippen molar-refractivity contribution >= 4 is 17.7 Å². The molecule has 0 heterocycles. The molecule has 4 nitrogen and oxygen atoms in total. The van der Waals surface area contributed by atoms with Gasteiger partial charge < -0.3 is 14.5 Å². The summed E-state index contributed by atoms with van der Waals surface area (Å²) < 4.78 is 6.05. The fourth-order valence-corrected chi connectivity index (χ4v) is 3.23. The first-order valence-corrected chi connectivity index (χ1v) is 10.6. The van der Waals surface area contributed by atoms with E-state index in [1.807, 2.05) is 91.0 Å². The van der Waals surface area contributed by atoms with Gasteiger partial charge in [-0.3, -0.25) is 4.79 Å². The van der Waals surface area contributed by atoms with Crippen molar-refractivity contribution in [1.82, 2.24) is 4.90 Å². The van der Waals surface area contributed by atoms with Crippen LogP contribution in [0.1, 0.15) is 17.5 Å². The van der Waals surface area contributed by atoms with Gasteiger partial charge in [0.05, 0.1) is 13.2 Å². The standard InChI is InChI=1S/C27H30N2O2/c1-28(2)20-11-21-31-26-17-10-9-14-24(26)22-29(25-15-7-4-8-16-25)27(30)19-18-23-12-5-3-6-13-23/h3-10,12-19H,11,20-22H2,1-2H3/b19-18+. The number of benzene rings is 3.